The van der Waals surface area contributed by atoms with E-state index in [9.17, 15) is 9.59 Å². The Kier molecular flexibility index (Phi) is 3.76. The zero-order valence-corrected chi connectivity index (χ0v) is 10.9. The smallest absolute Gasteiger partial charge is 0.221 e. The molecular formula is C16H15NO2. The highest BCUT2D eigenvalue weighted by Crippen LogP contribution is 2.19. The van der Waals surface area contributed by atoms with Gasteiger partial charge in [-0.15, -0.1) is 0 Å². The van der Waals surface area contributed by atoms with Crippen LogP contribution in [0.2, 0.25) is 0 Å². The van der Waals surface area contributed by atoms with Gasteiger partial charge in [-0.05, 0) is 18.6 Å². The van der Waals surface area contributed by atoms with Crippen LogP contribution in [-0.4, -0.2) is 11.7 Å². The Morgan fingerprint density at radius 1 is 0.947 bits per heavy atom. The van der Waals surface area contributed by atoms with Crippen LogP contribution in [0.5, 0.6) is 0 Å². The summed E-state index contributed by atoms with van der Waals surface area (Å²) in [4.78, 5) is 23.4. The van der Waals surface area contributed by atoms with E-state index in [-0.39, 0.29) is 11.7 Å². The first kappa shape index (κ1) is 13.0. The summed E-state index contributed by atoms with van der Waals surface area (Å²) in [5.41, 5.74) is 2.81. The molecular weight excluding hydrogens is 238 g/mol. The molecule has 0 unspecified atom stereocenters. The normalized spacial score (nSPS) is 10.0. The van der Waals surface area contributed by atoms with E-state index in [0.29, 0.717) is 16.8 Å². The summed E-state index contributed by atoms with van der Waals surface area (Å²) >= 11 is 0. The van der Waals surface area contributed by atoms with Crippen molar-refractivity contribution in [3.63, 3.8) is 0 Å². The maximum Gasteiger partial charge on any atom is 0.221 e. The number of hydrogen-bond donors (Lipinski definition) is 1. The summed E-state index contributed by atoms with van der Waals surface area (Å²) in [6, 6.07) is 14.4. The third kappa shape index (κ3) is 3.07. The molecule has 3 nitrogen and oxygen atoms in total. The van der Waals surface area contributed by atoms with Crippen LogP contribution >= 0.6 is 0 Å². The number of amides is 1. The maximum absolute atomic E-state index is 12.3. The van der Waals surface area contributed by atoms with Crippen LogP contribution in [0.3, 0.4) is 0 Å². The quantitative estimate of drug-likeness (QED) is 0.854. The van der Waals surface area contributed by atoms with Gasteiger partial charge in [0.05, 0.1) is 0 Å². The fourth-order valence-electron chi connectivity index (χ4n) is 1.84. The van der Waals surface area contributed by atoms with Crippen molar-refractivity contribution in [3.05, 3.63) is 65.2 Å². The molecule has 2 aromatic carbocycles. The van der Waals surface area contributed by atoms with Gasteiger partial charge in [-0.1, -0.05) is 42.5 Å². The average Bonchev–Trinajstić information content (AvgIpc) is 2.41. The van der Waals surface area contributed by atoms with Gasteiger partial charge >= 0.3 is 0 Å². The average molecular weight is 253 g/mol. The maximum atomic E-state index is 12.3. The number of benzene rings is 2. The van der Waals surface area contributed by atoms with E-state index >= 15 is 0 Å². The lowest BCUT2D eigenvalue weighted by atomic mass is 10.0. The van der Waals surface area contributed by atoms with Gasteiger partial charge in [-0.25, -0.2) is 0 Å². The molecule has 0 aliphatic heterocycles. The van der Waals surface area contributed by atoms with Crippen molar-refractivity contribution >= 4 is 17.4 Å². The van der Waals surface area contributed by atoms with Crippen molar-refractivity contribution in [2.24, 2.45) is 0 Å². The van der Waals surface area contributed by atoms with Gasteiger partial charge in [0.15, 0.2) is 5.78 Å². The Labute approximate surface area is 112 Å². The summed E-state index contributed by atoms with van der Waals surface area (Å²) in [7, 11) is 0. The fraction of sp³-hybridized carbons (Fsp3) is 0.125. The minimum atomic E-state index is -0.146. The standard InChI is InChI=1S/C16H15NO2/c1-11-8-9-14(10-15(11)17-12(2)18)16(19)13-6-4-3-5-7-13/h3-10H,1-2H3,(H,17,18). The highest BCUT2D eigenvalue weighted by Gasteiger charge is 2.10. The van der Waals surface area contributed by atoms with Crippen LogP contribution in [0.4, 0.5) is 5.69 Å². The minimum Gasteiger partial charge on any atom is -0.326 e. The first-order valence-electron chi connectivity index (χ1n) is 6.06. The molecule has 0 spiro atoms. The molecule has 0 atom stereocenters. The Morgan fingerprint density at radius 3 is 2.26 bits per heavy atom. The van der Waals surface area contributed by atoms with Crippen molar-refractivity contribution in [1.29, 1.82) is 0 Å². The van der Waals surface area contributed by atoms with Crippen LogP contribution in [-0.2, 0) is 4.79 Å². The predicted molar refractivity (Wildman–Crippen MR) is 75.4 cm³/mol. The topological polar surface area (TPSA) is 46.2 Å². The van der Waals surface area contributed by atoms with Gasteiger partial charge < -0.3 is 5.32 Å². The Hall–Kier alpha value is -2.42. The Morgan fingerprint density at radius 2 is 1.63 bits per heavy atom. The van der Waals surface area contributed by atoms with Crippen molar-refractivity contribution in [3.8, 4) is 0 Å². The van der Waals surface area contributed by atoms with Gasteiger partial charge in [0.25, 0.3) is 0 Å². The largest absolute Gasteiger partial charge is 0.326 e. The van der Waals surface area contributed by atoms with E-state index < -0.39 is 0 Å². The molecule has 3 heteroatoms. The molecule has 2 rings (SSSR count). The van der Waals surface area contributed by atoms with E-state index in [1.54, 1.807) is 24.3 Å². The molecule has 0 fully saturated rings. The number of aryl methyl sites for hydroxylation is 1. The Bertz CT molecular complexity index is 618. The van der Waals surface area contributed by atoms with Crippen LogP contribution in [0, 0.1) is 6.92 Å². The summed E-state index contributed by atoms with van der Waals surface area (Å²) < 4.78 is 0. The second-order valence-corrected chi connectivity index (χ2v) is 4.41. The van der Waals surface area contributed by atoms with E-state index in [1.165, 1.54) is 6.92 Å². The summed E-state index contributed by atoms with van der Waals surface area (Å²) in [5, 5.41) is 2.73. The van der Waals surface area contributed by atoms with Crippen LogP contribution in [0.25, 0.3) is 0 Å². The molecule has 1 N–H and O–H groups in total. The lowest BCUT2D eigenvalue weighted by Crippen LogP contribution is -2.09. The molecule has 0 saturated heterocycles. The zero-order chi connectivity index (χ0) is 13.8. The van der Waals surface area contributed by atoms with E-state index in [0.717, 1.165) is 5.56 Å². The summed E-state index contributed by atoms with van der Waals surface area (Å²) in [5.74, 6) is -0.195. The van der Waals surface area contributed by atoms with Crippen LogP contribution in [0.1, 0.15) is 28.4 Å². The first-order valence-corrected chi connectivity index (χ1v) is 6.06. The molecule has 0 heterocycles. The van der Waals surface area contributed by atoms with Crippen molar-refractivity contribution in [2.45, 2.75) is 13.8 Å². The Balaban J connectivity index is 2.36. The number of nitrogens with one attached hydrogen (secondary N) is 1. The molecule has 0 aromatic heterocycles. The second kappa shape index (κ2) is 5.48. The molecule has 0 radical (unpaired) electrons. The number of anilines is 1. The lowest BCUT2D eigenvalue weighted by Gasteiger charge is -2.08. The van der Waals surface area contributed by atoms with Gasteiger partial charge in [0.2, 0.25) is 5.91 Å². The van der Waals surface area contributed by atoms with Crippen LogP contribution < -0.4 is 5.32 Å². The minimum absolute atomic E-state index is 0.0489. The van der Waals surface area contributed by atoms with Gasteiger partial charge in [-0.3, -0.25) is 9.59 Å². The number of carbonyl (C=O) groups is 2. The van der Waals surface area contributed by atoms with Gasteiger partial charge in [0, 0.05) is 23.7 Å². The lowest BCUT2D eigenvalue weighted by molar-refractivity contribution is -0.114. The highest BCUT2D eigenvalue weighted by atomic mass is 16.1. The number of ketones is 1. The number of hydrogen-bond acceptors (Lipinski definition) is 2. The SMILES string of the molecule is CC(=O)Nc1cc(C(=O)c2ccccc2)ccc1C. The first-order chi connectivity index (χ1) is 9.08. The van der Waals surface area contributed by atoms with E-state index in [2.05, 4.69) is 5.32 Å². The van der Waals surface area contributed by atoms with E-state index in [1.807, 2.05) is 31.2 Å². The zero-order valence-electron chi connectivity index (χ0n) is 10.9. The molecule has 2 aromatic rings. The highest BCUT2D eigenvalue weighted by molar-refractivity contribution is 6.09. The fourth-order valence-corrected chi connectivity index (χ4v) is 1.84. The third-order valence-electron chi connectivity index (χ3n) is 2.85. The molecule has 0 bridgehead atoms. The predicted octanol–water partition coefficient (Wildman–Crippen LogP) is 3.18. The second-order valence-electron chi connectivity index (χ2n) is 4.41. The molecule has 1 amide bonds. The van der Waals surface area contributed by atoms with Crippen molar-refractivity contribution in [2.75, 3.05) is 5.32 Å². The monoisotopic (exact) mass is 253 g/mol. The van der Waals surface area contributed by atoms with Crippen LogP contribution in [0.15, 0.2) is 48.5 Å². The molecule has 0 aliphatic rings. The number of carbonyl (C=O) groups excluding carboxylic acids is 2. The number of rotatable bonds is 3. The van der Waals surface area contributed by atoms with E-state index in [4.69, 9.17) is 0 Å². The summed E-state index contributed by atoms with van der Waals surface area (Å²) in [6.07, 6.45) is 0. The molecule has 19 heavy (non-hydrogen) atoms. The third-order valence-corrected chi connectivity index (χ3v) is 2.85. The van der Waals surface area contributed by atoms with Gasteiger partial charge in [0.1, 0.15) is 0 Å². The molecule has 0 aliphatic carbocycles. The molecule has 0 saturated carbocycles. The van der Waals surface area contributed by atoms with Gasteiger partial charge in [-0.2, -0.15) is 0 Å². The van der Waals surface area contributed by atoms with Crippen molar-refractivity contribution < 1.29 is 9.59 Å². The molecule has 96 valence electrons. The van der Waals surface area contributed by atoms with Crippen molar-refractivity contribution in [1.82, 2.24) is 0 Å². The summed E-state index contributed by atoms with van der Waals surface area (Å²) in [6.45, 7) is 3.34.